The molecule has 1 N–H and O–H groups in total. The van der Waals surface area contributed by atoms with Crippen LogP contribution >= 0.6 is 0 Å². The number of nitriles is 1. The number of nitrogens with zero attached hydrogens (tertiary/aromatic N) is 1. The van der Waals surface area contributed by atoms with Gasteiger partial charge in [0.15, 0.2) is 0 Å². The Kier molecular flexibility index (Phi) is 3.21. The Balaban J connectivity index is 1.88. The maximum atomic E-state index is 8.41. The van der Waals surface area contributed by atoms with Gasteiger partial charge in [0.25, 0.3) is 0 Å². The van der Waals surface area contributed by atoms with Crippen LogP contribution in [0, 0.1) is 11.3 Å². The van der Waals surface area contributed by atoms with E-state index in [1.54, 1.807) is 0 Å². The lowest BCUT2D eigenvalue weighted by atomic mass is 10.1. The average molecular weight is 202 g/mol. The Labute approximate surface area is 89.7 Å². The second-order valence-corrected chi connectivity index (χ2v) is 3.62. The normalized spacial score (nSPS) is 17.9. The maximum absolute atomic E-state index is 8.41. The minimum absolute atomic E-state index is 0.292. The first kappa shape index (κ1) is 10.0. The number of hydrogen-bond donors (Lipinski definition) is 1. The highest BCUT2D eigenvalue weighted by molar-refractivity contribution is 5.39. The maximum Gasteiger partial charge on any atom is 0.124 e. The van der Waals surface area contributed by atoms with Crippen LogP contribution in [0.1, 0.15) is 24.4 Å². The van der Waals surface area contributed by atoms with E-state index in [1.165, 1.54) is 5.56 Å². The lowest BCUT2D eigenvalue weighted by Crippen LogP contribution is -2.23. The van der Waals surface area contributed by atoms with Gasteiger partial charge in [-0.2, -0.15) is 5.26 Å². The minimum Gasteiger partial charge on any atom is -0.491 e. The molecular formula is C12H14N2O. The molecule has 0 amide bonds. The quantitative estimate of drug-likeness (QED) is 0.760. The zero-order chi connectivity index (χ0) is 10.5. The van der Waals surface area contributed by atoms with Crippen molar-refractivity contribution in [3.63, 3.8) is 0 Å². The first-order valence-corrected chi connectivity index (χ1v) is 5.24. The van der Waals surface area contributed by atoms with Crippen LogP contribution in [-0.2, 0) is 0 Å². The van der Waals surface area contributed by atoms with Gasteiger partial charge in [-0.1, -0.05) is 18.2 Å². The van der Waals surface area contributed by atoms with Crippen LogP contribution in [0.25, 0.3) is 0 Å². The Morgan fingerprint density at radius 1 is 1.47 bits per heavy atom. The van der Waals surface area contributed by atoms with Crippen molar-refractivity contribution in [1.82, 2.24) is 5.32 Å². The number of ether oxygens (including phenoxy) is 1. The molecule has 1 heterocycles. The van der Waals surface area contributed by atoms with Crippen LogP contribution < -0.4 is 10.1 Å². The van der Waals surface area contributed by atoms with Crippen molar-refractivity contribution >= 4 is 0 Å². The van der Waals surface area contributed by atoms with E-state index in [1.807, 2.05) is 18.2 Å². The van der Waals surface area contributed by atoms with Gasteiger partial charge in [-0.05, 0) is 19.0 Å². The highest BCUT2D eigenvalue weighted by atomic mass is 16.5. The van der Waals surface area contributed by atoms with E-state index in [0.29, 0.717) is 19.1 Å². The fourth-order valence-electron chi connectivity index (χ4n) is 1.78. The van der Waals surface area contributed by atoms with Crippen LogP contribution in [0.4, 0.5) is 0 Å². The van der Waals surface area contributed by atoms with Gasteiger partial charge in [0.05, 0.1) is 12.1 Å². The molecule has 1 atom stereocenters. The third-order valence-corrected chi connectivity index (χ3v) is 2.56. The highest BCUT2D eigenvalue weighted by Gasteiger charge is 2.22. The number of nitrogens with one attached hydrogen (secondary N) is 1. The van der Waals surface area contributed by atoms with E-state index >= 15 is 0 Å². The molecule has 0 aliphatic carbocycles. The zero-order valence-corrected chi connectivity index (χ0v) is 8.57. The first-order valence-electron chi connectivity index (χ1n) is 5.24. The minimum atomic E-state index is 0.292. The largest absolute Gasteiger partial charge is 0.491 e. The molecule has 78 valence electrons. The summed E-state index contributed by atoms with van der Waals surface area (Å²) in [6, 6.07) is 10.5. The Morgan fingerprint density at radius 3 is 3.20 bits per heavy atom. The Morgan fingerprint density at radius 2 is 2.33 bits per heavy atom. The number of rotatable bonds is 4. The van der Waals surface area contributed by atoms with Gasteiger partial charge in [0.2, 0.25) is 0 Å². The smallest absolute Gasteiger partial charge is 0.124 e. The van der Waals surface area contributed by atoms with Crippen LogP contribution in [-0.4, -0.2) is 13.2 Å². The molecule has 0 saturated carbocycles. The molecule has 0 spiro atoms. The molecule has 1 aromatic rings. The molecule has 1 aliphatic rings. The summed E-state index contributed by atoms with van der Waals surface area (Å²) in [5.41, 5.74) is 1.23. The molecule has 0 saturated heterocycles. The predicted molar refractivity (Wildman–Crippen MR) is 57.5 cm³/mol. The number of benzene rings is 1. The fourth-order valence-corrected chi connectivity index (χ4v) is 1.78. The summed E-state index contributed by atoms with van der Waals surface area (Å²) < 4.78 is 5.54. The van der Waals surface area contributed by atoms with Gasteiger partial charge in [0.1, 0.15) is 12.4 Å². The SMILES string of the molecule is N#CCCCNC1COc2ccccc21. The summed E-state index contributed by atoms with van der Waals surface area (Å²) in [6.07, 6.45) is 1.51. The standard InChI is InChI=1S/C12H14N2O/c13-7-3-4-8-14-11-9-15-12-6-2-1-5-10(11)12/h1-2,5-6,11,14H,3-4,8-9H2. The average Bonchev–Trinajstić information content (AvgIpc) is 2.68. The van der Waals surface area contributed by atoms with Crippen molar-refractivity contribution in [1.29, 1.82) is 5.26 Å². The van der Waals surface area contributed by atoms with Gasteiger partial charge >= 0.3 is 0 Å². The number of unbranched alkanes of at least 4 members (excludes halogenated alkanes) is 1. The summed E-state index contributed by atoms with van der Waals surface area (Å²) in [5, 5.41) is 11.8. The van der Waals surface area contributed by atoms with Crippen molar-refractivity contribution in [2.75, 3.05) is 13.2 Å². The van der Waals surface area contributed by atoms with Crippen LogP contribution in [0.3, 0.4) is 0 Å². The van der Waals surface area contributed by atoms with Crippen LogP contribution in [0.2, 0.25) is 0 Å². The molecule has 0 aromatic heterocycles. The molecular weight excluding hydrogens is 188 g/mol. The van der Waals surface area contributed by atoms with Gasteiger partial charge < -0.3 is 10.1 Å². The third-order valence-electron chi connectivity index (χ3n) is 2.56. The van der Waals surface area contributed by atoms with E-state index < -0.39 is 0 Å². The summed E-state index contributed by atoms with van der Waals surface area (Å²) in [7, 11) is 0. The topological polar surface area (TPSA) is 45.0 Å². The molecule has 1 aliphatic heterocycles. The molecule has 15 heavy (non-hydrogen) atoms. The molecule has 0 radical (unpaired) electrons. The van der Waals surface area contributed by atoms with E-state index in [9.17, 15) is 0 Å². The van der Waals surface area contributed by atoms with E-state index in [2.05, 4.69) is 17.5 Å². The molecule has 1 aromatic carbocycles. The van der Waals surface area contributed by atoms with Crippen molar-refractivity contribution in [2.45, 2.75) is 18.9 Å². The zero-order valence-electron chi connectivity index (χ0n) is 8.57. The van der Waals surface area contributed by atoms with Gasteiger partial charge in [-0.15, -0.1) is 0 Å². The van der Waals surface area contributed by atoms with E-state index in [0.717, 1.165) is 18.7 Å². The summed E-state index contributed by atoms with van der Waals surface area (Å²) >= 11 is 0. The predicted octanol–water partition coefficient (Wildman–Crippen LogP) is 2.01. The summed E-state index contributed by atoms with van der Waals surface area (Å²) in [6.45, 7) is 1.57. The summed E-state index contributed by atoms with van der Waals surface area (Å²) in [5.74, 6) is 0.982. The van der Waals surface area contributed by atoms with Crippen molar-refractivity contribution in [2.24, 2.45) is 0 Å². The second kappa shape index (κ2) is 4.81. The number of hydrogen-bond acceptors (Lipinski definition) is 3. The molecule has 0 fully saturated rings. The fraction of sp³-hybridized carbons (Fsp3) is 0.417. The molecule has 1 unspecified atom stereocenters. The monoisotopic (exact) mass is 202 g/mol. The van der Waals surface area contributed by atoms with Gasteiger partial charge in [-0.25, -0.2) is 0 Å². The van der Waals surface area contributed by atoms with Crippen molar-refractivity contribution < 1.29 is 4.74 Å². The Bertz CT molecular complexity index is 370. The lowest BCUT2D eigenvalue weighted by Gasteiger charge is -2.10. The molecule has 2 rings (SSSR count). The molecule has 3 nitrogen and oxygen atoms in total. The number of fused-ring (bicyclic) bond motifs is 1. The lowest BCUT2D eigenvalue weighted by molar-refractivity contribution is 0.311. The van der Waals surface area contributed by atoms with Crippen LogP contribution in [0.5, 0.6) is 5.75 Å². The van der Waals surface area contributed by atoms with Gasteiger partial charge in [0, 0.05) is 12.0 Å². The summed E-state index contributed by atoms with van der Waals surface area (Å²) in [4.78, 5) is 0. The molecule has 3 heteroatoms. The molecule has 0 bridgehead atoms. The van der Waals surface area contributed by atoms with Crippen LogP contribution in [0.15, 0.2) is 24.3 Å². The van der Waals surface area contributed by atoms with E-state index in [4.69, 9.17) is 10.00 Å². The highest BCUT2D eigenvalue weighted by Crippen LogP contribution is 2.31. The number of para-hydroxylation sites is 1. The van der Waals surface area contributed by atoms with E-state index in [-0.39, 0.29) is 0 Å². The first-order chi connectivity index (χ1) is 7.42. The van der Waals surface area contributed by atoms with Crippen molar-refractivity contribution in [3.8, 4) is 11.8 Å². The van der Waals surface area contributed by atoms with Gasteiger partial charge in [-0.3, -0.25) is 0 Å². The third kappa shape index (κ3) is 2.28. The van der Waals surface area contributed by atoms with Crippen molar-refractivity contribution in [3.05, 3.63) is 29.8 Å². The second-order valence-electron chi connectivity index (χ2n) is 3.62. The Hall–Kier alpha value is -1.53.